The summed E-state index contributed by atoms with van der Waals surface area (Å²) in [5, 5.41) is 2.60. The third-order valence-electron chi connectivity index (χ3n) is 3.05. The van der Waals surface area contributed by atoms with Gasteiger partial charge in [0.15, 0.2) is 0 Å². The summed E-state index contributed by atoms with van der Waals surface area (Å²) in [6.07, 6.45) is 5.58. The Morgan fingerprint density at radius 3 is 2.73 bits per heavy atom. The van der Waals surface area contributed by atoms with E-state index in [1.165, 1.54) is 37.0 Å². The summed E-state index contributed by atoms with van der Waals surface area (Å²) in [6, 6.07) is 3.55. The molecule has 0 aliphatic heterocycles. The number of nitrogens with zero attached hydrogens (tertiary/aromatic N) is 3. The quantitative estimate of drug-likeness (QED) is 0.833. The van der Waals surface area contributed by atoms with Crippen LogP contribution in [0, 0.1) is 6.92 Å². The molecule has 2 aromatic rings. The van der Waals surface area contributed by atoms with Gasteiger partial charge >= 0.3 is 5.69 Å². The first-order valence-corrected chi connectivity index (χ1v) is 6.57. The number of hydrogen-bond acceptors (Lipinski definition) is 4. The van der Waals surface area contributed by atoms with Crippen molar-refractivity contribution in [1.29, 1.82) is 0 Å². The van der Waals surface area contributed by atoms with E-state index < -0.39 is 17.2 Å². The van der Waals surface area contributed by atoms with Crippen molar-refractivity contribution in [2.75, 3.05) is 5.32 Å². The lowest BCUT2D eigenvalue weighted by Crippen LogP contribution is -2.37. The van der Waals surface area contributed by atoms with Crippen molar-refractivity contribution in [2.24, 2.45) is 14.1 Å². The van der Waals surface area contributed by atoms with Gasteiger partial charge in [-0.3, -0.25) is 14.2 Å². The minimum atomic E-state index is -0.458. The van der Waals surface area contributed by atoms with Gasteiger partial charge < -0.3 is 9.88 Å². The van der Waals surface area contributed by atoms with Crippen LogP contribution >= 0.6 is 0 Å². The lowest BCUT2D eigenvalue weighted by atomic mass is 10.3. The molecule has 0 fully saturated rings. The molecule has 7 nitrogen and oxygen atoms in total. The van der Waals surface area contributed by atoms with Crippen LogP contribution in [0.15, 0.2) is 40.2 Å². The Balaban J connectivity index is 2.20. The molecule has 0 atom stereocenters. The third-order valence-corrected chi connectivity index (χ3v) is 3.05. The number of carbonyl (C=O) groups is 1. The Morgan fingerprint density at radius 2 is 2.05 bits per heavy atom. The van der Waals surface area contributed by atoms with Crippen LogP contribution in [-0.2, 0) is 18.9 Å². The summed E-state index contributed by atoms with van der Waals surface area (Å²) < 4.78 is 2.26. The number of aryl methyl sites for hydroxylation is 2. The fraction of sp³-hybridized carbons (Fsp3) is 0.200. The van der Waals surface area contributed by atoms with Gasteiger partial charge in [0.05, 0.1) is 5.56 Å². The van der Waals surface area contributed by atoms with Gasteiger partial charge in [-0.05, 0) is 30.7 Å². The second-order valence-electron chi connectivity index (χ2n) is 4.88. The fourth-order valence-corrected chi connectivity index (χ4v) is 1.89. The number of nitrogens with one attached hydrogen (secondary N) is 1. The molecule has 0 saturated carbocycles. The zero-order chi connectivity index (χ0) is 16.3. The van der Waals surface area contributed by atoms with Gasteiger partial charge in [-0.2, -0.15) is 0 Å². The molecular formula is C15H16N4O3. The van der Waals surface area contributed by atoms with E-state index in [0.717, 1.165) is 10.1 Å². The van der Waals surface area contributed by atoms with Crippen molar-refractivity contribution in [1.82, 2.24) is 14.1 Å². The zero-order valence-electron chi connectivity index (χ0n) is 12.5. The molecule has 2 aromatic heterocycles. The van der Waals surface area contributed by atoms with E-state index in [-0.39, 0.29) is 5.56 Å². The Kier molecular flexibility index (Phi) is 4.36. The Hall–Kier alpha value is -2.96. The molecule has 1 amide bonds. The summed E-state index contributed by atoms with van der Waals surface area (Å²) in [6.45, 7) is 1.89. The first-order chi connectivity index (χ1) is 10.4. The SMILES string of the molecule is Cc1ccnc(NC(=O)/C=C/c2cn(C)c(=O)n(C)c2=O)c1. The molecule has 0 aliphatic rings. The number of anilines is 1. The van der Waals surface area contributed by atoms with Gasteiger partial charge in [0.2, 0.25) is 5.91 Å². The van der Waals surface area contributed by atoms with E-state index in [0.29, 0.717) is 5.82 Å². The average molecular weight is 300 g/mol. The van der Waals surface area contributed by atoms with Gasteiger partial charge in [-0.1, -0.05) is 0 Å². The fourth-order valence-electron chi connectivity index (χ4n) is 1.89. The van der Waals surface area contributed by atoms with Crippen molar-refractivity contribution in [3.05, 3.63) is 62.6 Å². The molecule has 114 valence electrons. The summed E-state index contributed by atoms with van der Waals surface area (Å²) in [5.41, 5.74) is 0.342. The van der Waals surface area contributed by atoms with Gasteiger partial charge in [-0.25, -0.2) is 9.78 Å². The molecule has 7 heteroatoms. The smallest absolute Gasteiger partial charge is 0.307 e. The maximum absolute atomic E-state index is 11.9. The van der Waals surface area contributed by atoms with Crippen molar-refractivity contribution in [3.63, 3.8) is 0 Å². The molecule has 2 heterocycles. The maximum Gasteiger partial charge on any atom is 0.330 e. The molecule has 0 saturated heterocycles. The van der Waals surface area contributed by atoms with Crippen molar-refractivity contribution >= 4 is 17.8 Å². The molecule has 22 heavy (non-hydrogen) atoms. The average Bonchev–Trinajstić information content (AvgIpc) is 2.47. The van der Waals surface area contributed by atoms with Gasteiger partial charge in [0.1, 0.15) is 5.82 Å². The van der Waals surface area contributed by atoms with Crippen LogP contribution in [0.2, 0.25) is 0 Å². The minimum absolute atomic E-state index is 0.247. The first-order valence-electron chi connectivity index (χ1n) is 6.57. The maximum atomic E-state index is 11.9. The molecule has 0 bridgehead atoms. The predicted octanol–water partition coefficient (Wildman–Crippen LogP) is 0.439. The Morgan fingerprint density at radius 1 is 1.32 bits per heavy atom. The molecular weight excluding hydrogens is 284 g/mol. The lowest BCUT2D eigenvalue weighted by molar-refractivity contribution is -0.111. The van der Waals surface area contributed by atoms with E-state index in [9.17, 15) is 14.4 Å². The Bertz CT molecular complexity index is 862. The monoisotopic (exact) mass is 300 g/mol. The summed E-state index contributed by atoms with van der Waals surface area (Å²) in [5.74, 6) is 0.0250. The summed E-state index contributed by atoms with van der Waals surface area (Å²) in [4.78, 5) is 39.3. The molecule has 0 unspecified atom stereocenters. The summed E-state index contributed by atoms with van der Waals surface area (Å²) >= 11 is 0. The molecule has 0 spiro atoms. The van der Waals surface area contributed by atoms with E-state index in [1.807, 2.05) is 13.0 Å². The number of pyridine rings is 1. The number of aromatic nitrogens is 3. The number of rotatable bonds is 3. The van der Waals surface area contributed by atoms with Gasteiger partial charge in [0.25, 0.3) is 5.56 Å². The standard InChI is InChI=1S/C15H16N4O3/c1-10-6-7-16-12(8-10)17-13(20)5-4-11-9-18(2)15(22)19(3)14(11)21/h4-9H,1-3H3,(H,16,17,20)/b5-4+. The van der Waals surface area contributed by atoms with E-state index in [4.69, 9.17) is 0 Å². The molecule has 0 aromatic carbocycles. The molecule has 2 rings (SSSR count). The zero-order valence-corrected chi connectivity index (χ0v) is 12.5. The highest BCUT2D eigenvalue weighted by Crippen LogP contribution is 2.05. The van der Waals surface area contributed by atoms with Crippen LogP contribution in [0.3, 0.4) is 0 Å². The molecule has 0 radical (unpaired) electrons. The third kappa shape index (κ3) is 3.38. The van der Waals surface area contributed by atoms with Gasteiger partial charge in [-0.15, -0.1) is 0 Å². The van der Waals surface area contributed by atoms with Gasteiger partial charge in [0, 0.05) is 32.6 Å². The van der Waals surface area contributed by atoms with Crippen LogP contribution < -0.4 is 16.6 Å². The van der Waals surface area contributed by atoms with Crippen molar-refractivity contribution in [3.8, 4) is 0 Å². The van der Waals surface area contributed by atoms with E-state index >= 15 is 0 Å². The van der Waals surface area contributed by atoms with Crippen LogP contribution in [0.25, 0.3) is 6.08 Å². The summed E-state index contributed by atoms with van der Waals surface area (Å²) in [7, 11) is 2.93. The minimum Gasteiger partial charge on any atom is -0.307 e. The molecule has 1 N–H and O–H groups in total. The van der Waals surface area contributed by atoms with Crippen LogP contribution in [0.1, 0.15) is 11.1 Å². The van der Waals surface area contributed by atoms with Crippen LogP contribution in [0.5, 0.6) is 0 Å². The highest BCUT2D eigenvalue weighted by atomic mass is 16.2. The van der Waals surface area contributed by atoms with E-state index in [2.05, 4.69) is 10.3 Å². The van der Waals surface area contributed by atoms with E-state index in [1.54, 1.807) is 12.3 Å². The number of hydrogen-bond donors (Lipinski definition) is 1. The predicted molar refractivity (Wildman–Crippen MR) is 83.6 cm³/mol. The normalized spacial score (nSPS) is 10.9. The van der Waals surface area contributed by atoms with Crippen molar-refractivity contribution < 1.29 is 4.79 Å². The second-order valence-corrected chi connectivity index (χ2v) is 4.88. The lowest BCUT2D eigenvalue weighted by Gasteiger charge is -2.04. The highest BCUT2D eigenvalue weighted by molar-refractivity contribution is 6.01. The topological polar surface area (TPSA) is 86.0 Å². The largest absolute Gasteiger partial charge is 0.330 e. The molecule has 0 aliphatic carbocycles. The number of carbonyl (C=O) groups excluding carboxylic acids is 1. The second kappa shape index (κ2) is 6.21. The van der Waals surface area contributed by atoms with Crippen molar-refractivity contribution in [2.45, 2.75) is 6.92 Å². The first kappa shape index (κ1) is 15.4. The van der Waals surface area contributed by atoms with Crippen LogP contribution in [-0.4, -0.2) is 20.0 Å². The highest BCUT2D eigenvalue weighted by Gasteiger charge is 2.05. The number of amides is 1. The van der Waals surface area contributed by atoms with Crippen LogP contribution in [0.4, 0.5) is 5.82 Å². The Labute approximate surface area is 126 Å².